The van der Waals surface area contributed by atoms with Crippen molar-refractivity contribution in [2.24, 2.45) is 0 Å². The molecule has 78 valence electrons. The maximum atomic E-state index is 4.26. The topological polar surface area (TPSA) is 63.6 Å². The normalized spacial score (nSPS) is 10.3. The second kappa shape index (κ2) is 4.31. The molecule has 2 rings (SSSR count). The van der Waals surface area contributed by atoms with Crippen LogP contribution in [0.25, 0.3) is 0 Å². The van der Waals surface area contributed by atoms with Gasteiger partial charge in [0.25, 0.3) is 0 Å². The van der Waals surface area contributed by atoms with Gasteiger partial charge < -0.3 is 5.32 Å². The van der Waals surface area contributed by atoms with Gasteiger partial charge in [0.15, 0.2) is 0 Å². The fourth-order valence-corrected chi connectivity index (χ4v) is 1.58. The highest BCUT2D eigenvalue weighted by Crippen LogP contribution is 2.07. The van der Waals surface area contributed by atoms with Crippen LogP contribution in [0.15, 0.2) is 11.6 Å². The lowest BCUT2D eigenvalue weighted by molar-refractivity contribution is 0.884. The van der Waals surface area contributed by atoms with E-state index in [2.05, 4.69) is 25.5 Å². The van der Waals surface area contributed by atoms with Gasteiger partial charge in [0.05, 0.1) is 17.9 Å². The van der Waals surface area contributed by atoms with Crippen molar-refractivity contribution < 1.29 is 0 Å². The molecule has 0 atom stereocenters. The molecule has 0 bridgehead atoms. The van der Waals surface area contributed by atoms with Crippen molar-refractivity contribution in [3.63, 3.8) is 0 Å². The first-order chi connectivity index (χ1) is 7.25. The van der Waals surface area contributed by atoms with E-state index >= 15 is 0 Å². The number of nitrogens with one attached hydrogen (secondary N) is 1. The van der Waals surface area contributed by atoms with Gasteiger partial charge in [-0.2, -0.15) is 5.10 Å². The third-order valence-electron chi connectivity index (χ3n) is 1.97. The van der Waals surface area contributed by atoms with Gasteiger partial charge in [-0.1, -0.05) is 0 Å². The van der Waals surface area contributed by atoms with E-state index in [1.807, 2.05) is 19.2 Å². The molecule has 5 nitrogen and oxygen atoms in total. The predicted molar refractivity (Wildman–Crippen MR) is 58.7 cm³/mol. The summed E-state index contributed by atoms with van der Waals surface area (Å²) < 4.78 is 0. The number of hydrogen-bond donors (Lipinski definition) is 1. The van der Waals surface area contributed by atoms with Crippen LogP contribution in [-0.4, -0.2) is 20.2 Å². The first-order valence-corrected chi connectivity index (χ1v) is 5.44. The van der Waals surface area contributed by atoms with E-state index in [4.69, 9.17) is 0 Å². The van der Waals surface area contributed by atoms with Crippen molar-refractivity contribution in [1.29, 1.82) is 0 Å². The maximum Gasteiger partial charge on any atom is 0.243 e. The molecular formula is C9H11N5S. The van der Waals surface area contributed by atoms with Crippen LogP contribution in [0.1, 0.15) is 16.4 Å². The van der Waals surface area contributed by atoms with Gasteiger partial charge in [0.2, 0.25) is 5.95 Å². The smallest absolute Gasteiger partial charge is 0.243 e. The number of rotatable bonds is 3. The molecule has 1 N–H and O–H groups in total. The summed E-state index contributed by atoms with van der Waals surface area (Å²) >= 11 is 1.60. The van der Waals surface area contributed by atoms with Crippen LogP contribution in [0.4, 0.5) is 5.95 Å². The molecule has 2 aromatic heterocycles. The highest BCUT2D eigenvalue weighted by molar-refractivity contribution is 7.09. The molecule has 0 saturated carbocycles. The lowest BCUT2D eigenvalue weighted by Crippen LogP contribution is -2.06. The molecule has 0 radical (unpaired) electrons. The average Bonchev–Trinajstić information content (AvgIpc) is 2.73. The van der Waals surface area contributed by atoms with Crippen LogP contribution in [0.5, 0.6) is 0 Å². The van der Waals surface area contributed by atoms with Crippen molar-refractivity contribution in [2.45, 2.75) is 20.4 Å². The van der Waals surface area contributed by atoms with Crippen LogP contribution in [-0.2, 0) is 6.54 Å². The zero-order valence-electron chi connectivity index (χ0n) is 8.56. The highest BCUT2D eigenvalue weighted by Gasteiger charge is 2.01. The molecule has 0 spiro atoms. The molecule has 0 aromatic carbocycles. The molecule has 0 unspecified atom stereocenters. The zero-order chi connectivity index (χ0) is 10.7. The minimum atomic E-state index is 0.549. The van der Waals surface area contributed by atoms with E-state index in [1.165, 1.54) is 0 Å². The van der Waals surface area contributed by atoms with Crippen LogP contribution in [0.3, 0.4) is 0 Å². The summed E-state index contributed by atoms with van der Waals surface area (Å²) in [7, 11) is 0. The SMILES string of the molecule is Cc1nnc(NCc2nccs2)nc1C. The van der Waals surface area contributed by atoms with E-state index in [1.54, 1.807) is 17.5 Å². The van der Waals surface area contributed by atoms with Crippen molar-refractivity contribution >= 4 is 17.3 Å². The fraction of sp³-hybridized carbons (Fsp3) is 0.333. The van der Waals surface area contributed by atoms with E-state index in [9.17, 15) is 0 Å². The number of thiazole rings is 1. The monoisotopic (exact) mass is 221 g/mol. The largest absolute Gasteiger partial charge is 0.346 e. The summed E-state index contributed by atoms with van der Waals surface area (Å²) in [5.74, 6) is 0.549. The number of aromatic nitrogens is 4. The van der Waals surface area contributed by atoms with Crippen molar-refractivity contribution in [3.8, 4) is 0 Å². The third kappa shape index (κ3) is 2.47. The first kappa shape index (κ1) is 9.97. The summed E-state index contributed by atoms with van der Waals surface area (Å²) in [5.41, 5.74) is 1.75. The summed E-state index contributed by atoms with van der Waals surface area (Å²) in [6, 6.07) is 0. The molecule has 6 heteroatoms. The summed E-state index contributed by atoms with van der Waals surface area (Å²) in [5, 5.41) is 14.0. The second-order valence-electron chi connectivity index (χ2n) is 3.09. The van der Waals surface area contributed by atoms with E-state index in [-0.39, 0.29) is 0 Å². The van der Waals surface area contributed by atoms with Gasteiger partial charge in [0.1, 0.15) is 5.01 Å². The van der Waals surface area contributed by atoms with E-state index < -0.39 is 0 Å². The maximum absolute atomic E-state index is 4.26. The fourth-order valence-electron chi connectivity index (χ4n) is 1.03. The van der Waals surface area contributed by atoms with Gasteiger partial charge in [-0.15, -0.1) is 16.4 Å². The Bertz CT molecular complexity index is 440. The first-order valence-electron chi connectivity index (χ1n) is 4.56. The van der Waals surface area contributed by atoms with Gasteiger partial charge in [-0.05, 0) is 13.8 Å². The average molecular weight is 221 g/mol. The summed E-state index contributed by atoms with van der Waals surface area (Å²) in [6.45, 7) is 4.44. The van der Waals surface area contributed by atoms with Crippen LogP contribution < -0.4 is 5.32 Å². The van der Waals surface area contributed by atoms with Gasteiger partial charge >= 0.3 is 0 Å². The third-order valence-corrected chi connectivity index (χ3v) is 2.75. The Kier molecular flexibility index (Phi) is 2.86. The zero-order valence-corrected chi connectivity index (χ0v) is 9.38. The molecule has 0 aliphatic rings. The van der Waals surface area contributed by atoms with Crippen molar-refractivity contribution in [1.82, 2.24) is 20.2 Å². The quantitative estimate of drug-likeness (QED) is 0.852. The van der Waals surface area contributed by atoms with Crippen LogP contribution in [0, 0.1) is 13.8 Å². The van der Waals surface area contributed by atoms with Gasteiger partial charge in [0, 0.05) is 11.6 Å². The van der Waals surface area contributed by atoms with Gasteiger partial charge in [-0.25, -0.2) is 9.97 Å². The lowest BCUT2D eigenvalue weighted by atomic mass is 10.4. The molecule has 15 heavy (non-hydrogen) atoms. The number of anilines is 1. The predicted octanol–water partition coefficient (Wildman–Crippen LogP) is 1.56. The molecule has 0 aliphatic carbocycles. The van der Waals surface area contributed by atoms with Crippen LogP contribution in [0.2, 0.25) is 0 Å². The van der Waals surface area contributed by atoms with Crippen molar-refractivity contribution in [2.75, 3.05) is 5.32 Å². The molecule has 2 heterocycles. The summed E-state index contributed by atoms with van der Waals surface area (Å²) in [6.07, 6.45) is 1.78. The number of nitrogens with zero attached hydrogens (tertiary/aromatic N) is 4. The Labute approximate surface area is 91.6 Å². The molecule has 0 saturated heterocycles. The molecular weight excluding hydrogens is 210 g/mol. The minimum absolute atomic E-state index is 0.549. The van der Waals surface area contributed by atoms with E-state index in [0.717, 1.165) is 16.4 Å². The Morgan fingerprint density at radius 3 is 2.80 bits per heavy atom. The standard InChI is InChI=1S/C9H11N5S/c1-6-7(2)13-14-9(12-6)11-5-8-10-3-4-15-8/h3-4H,5H2,1-2H3,(H,11,12,14). The van der Waals surface area contributed by atoms with Crippen LogP contribution >= 0.6 is 11.3 Å². The highest BCUT2D eigenvalue weighted by atomic mass is 32.1. The Morgan fingerprint density at radius 2 is 2.13 bits per heavy atom. The minimum Gasteiger partial charge on any atom is -0.346 e. The Hall–Kier alpha value is -1.56. The molecule has 2 aromatic rings. The van der Waals surface area contributed by atoms with E-state index in [0.29, 0.717) is 12.5 Å². The second-order valence-corrected chi connectivity index (χ2v) is 4.06. The summed E-state index contributed by atoms with van der Waals surface area (Å²) in [4.78, 5) is 8.42. The number of aryl methyl sites for hydroxylation is 2. The molecule has 0 amide bonds. The number of hydrogen-bond acceptors (Lipinski definition) is 6. The lowest BCUT2D eigenvalue weighted by Gasteiger charge is -2.03. The van der Waals surface area contributed by atoms with Gasteiger partial charge in [-0.3, -0.25) is 0 Å². The Morgan fingerprint density at radius 1 is 1.27 bits per heavy atom. The molecule has 0 aliphatic heterocycles. The van der Waals surface area contributed by atoms with Crippen molar-refractivity contribution in [3.05, 3.63) is 28.0 Å². The Balaban J connectivity index is 2.02. The molecule has 0 fully saturated rings.